The topological polar surface area (TPSA) is 68.0 Å². The van der Waals surface area contributed by atoms with Crippen molar-refractivity contribution in [3.8, 4) is 0 Å². The molecule has 2 heterocycles. The molecule has 1 aromatic carbocycles. The molecule has 4 nitrogen and oxygen atoms in total. The van der Waals surface area contributed by atoms with Crippen molar-refractivity contribution >= 4 is 40.6 Å². The fourth-order valence-electron chi connectivity index (χ4n) is 1.90. The Hall–Kier alpha value is -1.72. The van der Waals surface area contributed by atoms with Crippen LogP contribution in [0.25, 0.3) is 0 Å². The van der Waals surface area contributed by atoms with Gasteiger partial charge in [0.2, 0.25) is 5.91 Å². The van der Waals surface area contributed by atoms with Crippen molar-refractivity contribution in [1.29, 1.82) is 0 Å². The van der Waals surface area contributed by atoms with Gasteiger partial charge in [0, 0.05) is 22.5 Å². The molecule has 0 aliphatic carbocycles. The van der Waals surface area contributed by atoms with Crippen LogP contribution < -0.4 is 11.1 Å². The number of aromatic nitrogens is 1. The summed E-state index contributed by atoms with van der Waals surface area (Å²) in [6.07, 6.45) is 1.99. The Morgan fingerprint density at radius 3 is 2.95 bits per heavy atom. The number of nitrogens with two attached hydrogens (primary N) is 1. The van der Waals surface area contributed by atoms with Gasteiger partial charge < -0.3 is 11.1 Å². The number of pyridine rings is 1. The predicted molar refractivity (Wildman–Crippen MR) is 76.6 cm³/mol. The van der Waals surface area contributed by atoms with Crippen LogP contribution in [0.5, 0.6) is 0 Å². The number of nitrogen functional groups attached to an aromatic ring is 1. The van der Waals surface area contributed by atoms with Gasteiger partial charge in [0.05, 0.1) is 11.4 Å². The summed E-state index contributed by atoms with van der Waals surface area (Å²) in [4.78, 5) is 16.4. The lowest BCUT2D eigenvalue weighted by Gasteiger charge is -2.08. The highest BCUT2D eigenvalue weighted by molar-refractivity contribution is 7.99. The van der Waals surface area contributed by atoms with Crippen LogP contribution in [0, 0.1) is 0 Å². The van der Waals surface area contributed by atoms with Crippen molar-refractivity contribution in [3.05, 3.63) is 41.0 Å². The second kappa shape index (κ2) is 4.75. The molecule has 19 heavy (non-hydrogen) atoms. The van der Waals surface area contributed by atoms with E-state index in [1.54, 1.807) is 12.3 Å². The number of nitrogens with one attached hydrogen (secondary N) is 1. The first-order valence-electron chi connectivity index (χ1n) is 5.63. The van der Waals surface area contributed by atoms with Gasteiger partial charge in [-0.15, -0.1) is 0 Å². The summed E-state index contributed by atoms with van der Waals surface area (Å²) in [7, 11) is 0. The van der Waals surface area contributed by atoms with Gasteiger partial charge in [0.1, 0.15) is 5.03 Å². The third kappa shape index (κ3) is 2.52. The molecule has 6 heteroatoms. The Kier molecular flexibility index (Phi) is 3.08. The fourth-order valence-corrected chi connectivity index (χ4v) is 2.83. The summed E-state index contributed by atoms with van der Waals surface area (Å²) in [6.45, 7) is 0. The minimum Gasteiger partial charge on any atom is -0.398 e. The molecular formula is C13H10ClN3OS. The molecule has 0 bridgehead atoms. The van der Waals surface area contributed by atoms with E-state index >= 15 is 0 Å². The number of hydrogen-bond acceptors (Lipinski definition) is 4. The van der Waals surface area contributed by atoms with E-state index in [2.05, 4.69) is 10.3 Å². The maximum atomic E-state index is 11.3. The molecule has 0 saturated carbocycles. The highest BCUT2D eigenvalue weighted by Crippen LogP contribution is 2.37. The van der Waals surface area contributed by atoms with Crippen LogP contribution in [-0.4, -0.2) is 10.9 Å². The Balaban J connectivity index is 1.91. The first kappa shape index (κ1) is 12.3. The zero-order valence-electron chi connectivity index (χ0n) is 9.81. The molecule has 96 valence electrons. The Labute approximate surface area is 119 Å². The quantitative estimate of drug-likeness (QED) is 0.835. The van der Waals surface area contributed by atoms with E-state index in [4.69, 9.17) is 17.3 Å². The fraction of sp³-hybridized carbons (Fsp3) is 0.0769. The Bertz CT molecular complexity index is 658. The van der Waals surface area contributed by atoms with Crippen LogP contribution in [0.4, 0.5) is 11.4 Å². The number of rotatable bonds is 2. The standard InChI is InChI=1S/C13H10ClN3OS/c14-8-1-2-13(16-6-8)19-11-5-10-7(3-9(11)15)4-12(18)17-10/h1-3,5-6H,4,15H2,(H,17,18). The molecule has 1 aromatic heterocycles. The lowest BCUT2D eigenvalue weighted by atomic mass is 10.1. The highest BCUT2D eigenvalue weighted by atomic mass is 35.5. The third-order valence-corrected chi connectivity index (χ3v) is 4.02. The Morgan fingerprint density at radius 2 is 2.21 bits per heavy atom. The first-order chi connectivity index (χ1) is 9.11. The van der Waals surface area contributed by atoms with E-state index in [-0.39, 0.29) is 5.91 Å². The maximum Gasteiger partial charge on any atom is 0.228 e. The van der Waals surface area contributed by atoms with Gasteiger partial charge in [-0.1, -0.05) is 23.4 Å². The SMILES string of the molecule is Nc1cc2c(cc1Sc1ccc(Cl)cn1)NC(=O)C2. The largest absolute Gasteiger partial charge is 0.398 e. The second-order valence-electron chi connectivity index (χ2n) is 4.19. The number of fused-ring (bicyclic) bond motifs is 1. The van der Waals surface area contributed by atoms with E-state index in [1.165, 1.54) is 11.8 Å². The molecule has 1 amide bonds. The smallest absolute Gasteiger partial charge is 0.228 e. The van der Waals surface area contributed by atoms with Crippen molar-refractivity contribution in [2.24, 2.45) is 0 Å². The summed E-state index contributed by atoms with van der Waals surface area (Å²) < 4.78 is 0. The summed E-state index contributed by atoms with van der Waals surface area (Å²) in [5, 5.41) is 4.21. The number of amides is 1. The molecule has 3 N–H and O–H groups in total. The lowest BCUT2D eigenvalue weighted by Crippen LogP contribution is -2.03. The Morgan fingerprint density at radius 1 is 1.37 bits per heavy atom. The van der Waals surface area contributed by atoms with Gasteiger partial charge in [0.15, 0.2) is 0 Å². The van der Waals surface area contributed by atoms with Crippen LogP contribution in [0.1, 0.15) is 5.56 Å². The summed E-state index contributed by atoms with van der Waals surface area (Å²) >= 11 is 7.24. The number of nitrogens with zero attached hydrogens (tertiary/aromatic N) is 1. The minimum atomic E-state index is 0.00108. The average molecular weight is 292 g/mol. The summed E-state index contributed by atoms with van der Waals surface area (Å²) in [5.74, 6) is 0.00108. The van der Waals surface area contributed by atoms with Crippen LogP contribution in [-0.2, 0) is 11.2 Å². The summed E-state index contributed by atoms with van der Waals surface area (Å²) in [5.41, 5.74) is 8.42. The van der Waals surface area contributed by atoms with Crippen LogP contribution in [0.2, 0.25) is 5.02 Å². The van der Waals surface area contributed by atoms with Crippen LogP contribution >= 0.6 is 23.4 Å². The zero-order chi connectivity index (χ0) is 13.4. The van der Waals surface area contributed by atoms with E-state index in [0.717, 1.165) is 21.2 Å². The number of benzene rings is 1. The van der Waals surface area contributed by atoms with Crippen molar-refractivity contribution < 1.29 is 4.79 Å². The molecule has 1 aliphatic heterocycles. The van der Waals surface area contributed by atoms with Gasteiger partial charge in [-0.25, -0.2) is 4.98 Å². The van der Waals surface area contributed by atoms with Crippen molar-refractivity contribution in [2.45, 2.75) is 16.3 Å². The van der Waals surface area contributed by atoms with Crippen molar-refractivity contribution in [3.63, 3.8) is 0 Å². The lowest BCUT2D eigenvalue weighted by molar-refractivity contribution is -0.115. The van der Waals surface area contributed by atoms with E-state index in [9.17, 15) is 4.79 Å². The van der Waals surface area contributed by atoms with E-state index in [1.807, 2.05) is 18.2 Å². The van der Waals surface area contributed by atoms with Gasteiger partial charge >= 0.3 is 0 Å². The van der Waals surface area contributed by atoms with Crippen LogP contribution in [0.3, 0.4) is 0 Å². The highest BCUT2D eigenvalue weighted by Gasteiger charge is 2.19. The number of carbonyl (C=O) groups excluding carboxylic acids is 1. The number of carbonyl (C=O) groups is 1. The average Bonchev–Trinajstić information content (AvgIpc) is 2.72. The minimum absolute atomic E-state index is 0.00108. The van der Waals surface area contributed by atoms with Gasteiger partial charge in [-0.05, 0) is 29.8 Å². The van der Waals surface area contributed by atoms with Crippen LogP contribution in [0.15, 0.2) is 40.4 Å². The zero-order valence-corrected chi connectivity index (χ0v) is 11.4. The molecule has 2 aromatic rings. The van der Waals surface area contributed by atoms with Crippen molar-refractivity contribution in [1.82, 2.24) is 4.98 Å². The molecule has 0 saturated heterocycles. The van der Waals surface area contributed by atoms with E-state index in [0.29, 0.717) is 17.1 Å². The van der Waals surface area contributed by atoms with E-state index < -0.39 is 0 Å². The maximum absolute atomic E-state index is 11.3. The van der Waals surface area contributed by atoms with Gasteiger partial charge in [0.25, 0.3) is 0 Å². The molecule has 0 atom stereocenters. The third-order valence-electron chi connectivity index (χ3n) is 2.78. The molecular weight excluding hydrogens is 282 g/mol. The number of anilines is 2. The molecule has 0 spiro atoms. The molecule has 3 rings (SSSR count). The van der Waals surface area contributed by atoms with Gasteiger partial charge in [-0.3, -0.25) is 4.79 Å². The number of hydrogen-bond donors (Lipinski definition) is 2. The first-order valence-corrected chi connectivity index (χ1v) is 6.83. The monoisotopic (exact) mass is 291 g/mol. The summed E-state index contributed by atoms with van der Waals surface area (Å²) in [6, 6.07) is 7.34. The second-order valence-corrected chi connectivity index (χ2v) is 5.69. The molecule has 0 radical (unpaired) electrons. The molecule has 0 fully saturated rings. The predicted octanol–water partition coefficient (Wildman–Crippen LogP) is 2.96. The molecule has 1 aliphatic rings. The van der Waals surface area contributed by atoms with Crippen molar-refractivity contribution in [2.75, 3.05) is 11.1 Å². The van der Waals surface area contributed by atoms with Gasteiger partial charge in [-0.2, -0.15) is 0 Å². The molecule has 0 unspecified atom stereocenters. The number of halogens is 1. The normalized spacial score (nSPS) is 13.2.